The first-order chi connectivity index (χ1) is 8.81. The molecule has 3 nitrogen and oxygen atoms in total. The van der Waals surface area contributed by atoms with Crippen molar-refractivity contribution in [2.45, 2.75) is 12.8 Å². The highest BCUT2D eigenvalue weighted by atomic mass is 35.5. The lowest BCUT2D eigenvalue weighted by Crippen LogP contribution is -2.26. The second-order valence-electron chi connectivity index (χ2n) is 5.11. The first kappa shape index (κ1) is 16.3. The third kappa shape index (κ3) is 5.01. The summed E-state index contributed by atoms with van der Waals surface area (Å²) in [6, 6.07) is 8.42. The minimum Gasteiger partial charge on any atom is -0.497 e. The van der Waals surface area contributed by atoms with Gasteiger partial charge in [-0.2, -0.15) is 0 Å². The Balaban J connectivity index is 0.00000180. The lowest BCUT2D eigenvalue weighted by Gasteiger charge is -2.16. The first-order valence-electron chi connectivity index (χ1n) is 6.81. The molecule has 1 aliphatic heterocycles. The van der Waals surface area contributed by atoms with Crippen molar-refractivity contribution in [3.63, 3.8) is 0 Å². The Morgan fingerprint density at radius 2 is 2.05 bits per heavy atom. The zero-order chi connectivity index (χ0) is 12.8. The Hall–Kier alpha value is -0.770. The van der Waals surface area contributed by atoms with Gasteiger partial charge in [0.1, 0.15) is 5.75 Å². The number of likely N-dealkylation sites (tertiary alicyclic amines) is 1. The highest BCUT2D eigenvalue weighted by Gasteiger charge is 2.20. The van der Waals surface area contributed by atoms with Crippen molar-refractivity contribution in [2.75, 3.05) is 40.3 Å². The summed E-state index contributed by atoms with van der Waals surface area (Å²) in [5.74, 6) is 1.78. The second-order valence-corrected chi connectivity index (χ2v) is 5.11. The van der Waals surface area contributed by atoms with Crippen LogP contribution in [0.1, 0.15) is 12.0 Å². The lowest BCUT2D eigenvalue weighted by atomic mass is 10.1. The largest absolute Gasteiger partial charge is 0.497 e. The van der Waals surface area contributed by atoms with Crippen molar-refractivity contribution in [3.8, 4) is 5.75 Å². The molecule has 0 spiro atoms. The molecule has 0 bridgehead atoms. The van der Waals surface area contributed by atoms with Gasteiger partial charge < -0.3 is 15.0 Å². The van der Waals surface area contributed by atoms with E-state index in [2.05, 4.69) is 22.3 Å². The Morgan fingerprint density at radius 3 is 2.68 bits per heavy atom. The van der Waals surface area contributed by atoms with E-state index in [4.69, 9.17) is 4.74 Å². The number of benzene rings is 1. The number of halogens is 1. The average Bonchev–Trinajstić information content (AvgIpc) is 2.85. The van der Waals surface area contributed by atoms with Crippen molar-refractivity contribution < 1.29 is 4.74 Å². The number of nitrogens with one attached hydrogen (secondary N) is 1. The monoisotopic (exact) mass is 284 g/mol. The van der Waals surface area contributed by atoms with Crippen molar-refractivity contribution in [2.24, 2.45) is 5.92 Å². The molecule has 19 heavy (non-hydrogen) atoms. The van der Waals surface area contributed by atoms with Crippen LogP contribution >= 0.6 is 12.4 Å². The zero-order valence-electron chi connectivity index (χ0n) is 11.9. The van der Waals surface area contributed by atoms with Crippen molar-refractivity contribution in [3.05, 3.63) is 29.8 Å². The van der Waals surface area contributed by atoms with Gasteiger partial charge in [0.2, 0.25) is 0 Å². The van der Waals surface area contributed by atoms with Crippen LogP contribution in [-0.2, 0) is 6.42 Å². The van der Waals surface area contributed by atoms with Crippen LogP contribution in [-0.4, -0.2) is 45.2 Å². The van der Waals surface area contributed by atoms with E-state index in [9.17, 15) is 0 Å². The predicted molar refractivity (Wildman–Crippen MR) is 82.4 cm³/mol. The van der Waals surface area contributed by atoms with E-state index in [1.807, 2.05) is 19.2 Å². The van der Waals surface area contributed by atoms with E-state index in [0.29, 0.717) is 0 Å². The SMILES string of the molecule is CNCC1CCN(CCc2ccc(OC)cc2)C1.Cl. The lowest BCUT2D eigenvalue weighted by molar-refractivity contribution is 0.327. The van der Waals surface area contributed by atoms with Gasteiger partial charge in [0.15, 0.2) is 0 Å². The Kier molecular flexibility index (Phi) is 7.21. The average molecular weight is 285 g/mol. The van der Waals surface area contributed by atoms with E-state index in [0.717, 1.165) is 24.6 Å². The van der Waals surface area contributed by atoms with E-state index in [1.165, 1.54) is 31.6 Å². The quantitative estimate of drug-likeness (QED) is 0.867. The van der Waals surface area contributed by atoms with Crippen molar-refractivity contribution >= 4 is 12.4 Å². The Morgan fingerprint density at radius 1 is 1.32 bits per heavy atom. The molecule has 1 atom stereocenters. The number of hydrogen-bond acceptors (Lipinski definition) is 3. The normalized spacial score (nSPS) is 19.2. The molecular weight excluding hydrogens is 260 g/mol. The zero-order valence-corrected chi connectivity index (χ0v) is 12.7. The van der Waals surface area contributed by atoms with Crippen LogP contribution in [0.15, 0.2) is 24.3 Å². The van der Waals surface area contributed by atoms with E-state index < -0.39 is 0 Å². The summed E-state index contributed by atoms with van der Waals surface area (Å²) in [7, 11) is 3.75. The predicted octanol–water partition coefficient (Wildman–Crippen LogP) is 2.20. The van der Waals surface area contributed by atoms with Gasteiger partial charge in [-0.1, -0.05) is 12.1 Å². The van der Waals surface area contributed by atoms with E-state index in [1.54, 1.807) is 7.11 Å². The number of ether oxygens (including phenoxy) is 1. The molecule has 1 unspecified atom stereocenters. The third-order valence-electron chi connectivity index (χ3n) is 3.74. The van der Waals surface area contributed by atoms with Crippen LogP contribution in [0.4, 0.5) is 0 Å². The van der Waals surface area contributed by atoms with Crippen LogP contribution in [0, 0.1) is 5.92 Å². The van der Waals surface area contributed by atoms with Crippen LogP contribution < -0.4 is 10.1 Å². The van der Waals surface area contributed by atoms with Crippen molar-refractivity contribution in [1.82, 2.24) is 10.2 Å². The molecule has 0 amide bonds. The molecule has 1 aromatic carbocycles. The van der Waals surface area contributed by atoms with E-state index in [-0.39, 0.29) is 12.4 Å². The van der Waals surface area contributed by atoms with Crippen LogP contribution in [0.5, 0.6) is 5.75 Å². The molecule has 0 aliphatic carbocycles. The number of methoxy groups -OCH3 is 1. The topological polar surface area (TPSA) is 24.5 Å². The molecule has 1 fully saturated rings. The second kappa shape index (κ2) is 8.41. The Bertz CT molecular complexity index is 356. The maximum Gasteiger partial charge on any atom is 0.118 e. The van der Waals surface area contributed by atoms with Gasteiger partial charge in [-0.25, -0.2) is 0 Å². The molecule has 108 valence electrons. The molecule has 1 N–H and O–H groups in total. The maximum absolute atomic E-state index is 5.17. The fraction of sp³-hybridized carbons (Fsp3) is 0.600. The van der Waals surface area contributed by atoms with Gasteiger partial charge >= 0.3 is 0 Å². The number of nitrogens with zero attached hydrogens (tertiary/aromatic N) is 1. The summed E-state index contributed by atoms with van der Waals surface area (Å²) in [6.07, 6.45) is 2.47. The van der Waals surface area contributed by atoms with Gasteiger partial charge in [-0.05, 0) is 56.6 Å². The van der Waals surface area contributed by atoms with Crippen molar-refractivity contribution in [1.29, 1.82) is 0 Å². The Labute approximate surface area is 122 Å². The van der Waals surface area contributed by atoms with Gasteiger partial charge in [0.05, 0.1) is 7.11 Å². The summed E-state index contributed by atoms with van der Waals surface area (Å²) in [6.45, 7) is 4.82. The molecule has 0 saturated carbocycles. The summed E-state index contributed by atoms with van der Waals surface area (Å²) < 4.78 is 5.17. The van der Waals surface area contributed by atoms with Gasteiger partial charge in [-0.15, -0.1) is 12.4 Å². The molecule has 0 aromatic heterocycles. The molecule has 1 aliphatic rings. The molecule has 1 aromatic rings. The summed E-state index contributed by atoms with van der Waals surface area (Å²) in [4.78, 5) is 2.58. The highest BCUT2D eigenvalue weighted by molar-refractivity contribution is 5.85. The number of rotatable bonds is 6. The standard InChI is InChI=1S/C15H24N2O.ClH/c1-16-11-14-8-10-17(12-14)9-7-13-3-5-15(18-2)6-4-13;/h3-6,14,16H,7-12H2,1-2H3;1H. The summed E-state index contributed by atoms with van der Waals surface area (Å²) >= 11 is 0. The smallest absolute Gasteiger partial charge is 0.118 e. The fourth-order valence-corrected chi connectivity index (χ4v) is 2.65. The summed E-state index contributed by atoms with van der Waals surface area (Å²) in [5.41, 5.74) is 1.40. The van der Waals surface area contributed by atoms with Gasteiger partial charge in [0, 0.05) is 13.1 Å². The van der Waals surface area contributed by atoms with E-state index >= 15 is 0 Å². The minimum absolute atomic E-state index is 0. The van der Waals surface area contributed by atoms with Crippen LogP contribution in [0.2, 0.25) is 0 Å². The molecule has 1 saturated heterocycles. The van der Waals surface area contributed by atoms with Gasteiger partial charge in [0.25, 0.3) is 0 Å². The maximum atomic E-state index is 5.17. The van der Waals surface area contributed by atoms with Gasteiger partial charge in [-0.3, -0.25) is 0 Å². The first-order valence-corrected chi connectivity index (χ1v) is 6.81. The third-order valence-corrected chi connectivity index (χ3v) is 3.74. The van der Waals surface area contributed by atoms with Crippen LogP contribution in [0.3, 0.4) is 0 Å². The van der Waals surface area contributed by atoms with Crippen LogP contribution in [0.25, 0.3) is 0 Å². The summed E-state index contributed by atoms with van der Waals surface area (Å²) in [5, 5.41) is 3.28. The highest BCUT2D eigenvalue weighted by Crippen LogP contribution is 2.17. The molecule has 0 radical (unpaired) electrons. The molecular formula is C15H25ClN2O. The molecule has 2 rings (SSSR count). The minimum atomic E-state index is 0. The number of hydrogen-bond donors (Lipinski definition) is 1. The molecule has 1 heterocycles. The molecule has 4 heteroatoms. The fourth-order valence-electron chi connectivity index (χ4n) is 2.65.